The fourth-order valence-corrected chi connectivity index (χ4v) is 1.60. The van der Waals surface area contributed by atoms with Crippen molar-refractivity contribution in [2.24, 2.45) is 5.73 Å². The largest absolute Gasteiger partial charge is 0.364 e. The smallest absolute Gasteiger partial charge is 0.267 e. The number of amides is 1. The van der Waals surface area contributed by atoms with Crippen LogP contribution in [0.4, 0.5) is 0 Å². The second-order valence-corrected chi connectivity index (χ2v) is 3.20. The van der Waals surface area contributed by atoms with E-state index in [9.17, 15) is 4.79 Å². The molecule has 0 spiro atoms. The maximum absolute atomic E-state index is 11.1. The normalized spacial score (nSPS) is 10.4. The van der Waals surface area contributed by atoms with Gasteiger partial charge in [0.15, 0.2) is 0 Å². The monoisotopic (exact) mass is 186 g/mol. The van der Waals surface area contributed by atoms with Gasteiger partial charge in [0, 0.05) is 11.6 Å². The number of nitrogens with zero attached hydrogens (tertiary/aromatic N) is 1. The second-order valence-electron chi connectivity index (χ2n) is 3.20. The van der Waals surface area contributed by atoms with Gasteiger partial charge in [-0.1, -0.05) is 18.2 Å². The predicted octanol–water partition coefficient (Wildman–Crippen LogP) is 1.64. The van der Waals surface area contributed by atoms with Gasteiger partial charge in [-0.25, -0.2) is 0 Å². The summed E-state index contributed by atoms with van der Waals surface area (Å²) in [5.74, 6) is -0.482. The number of primary amides is 1. The van der Waals surface area contributed by atoms with E-state index in [0.717, 1.165) is 16.3 Å². The minimum atomic E-state index is -0.482. The molecule has 3 nitrogen and oxygen atoms in total. The number of carbonyl (C=O) groups excluding carboxylic acids is 1. The molecule has 70 valence electrons. The molecule has 1 amide bonds. The number of nitrogens with two attached hydrogens (primary N) is 1. The van der Waals surface area contributed by atoms with Crippen LogP contribution in [-0.4, -0.2) is 10.9 Å². The fraction of sp³-hybridized carbons (Fsp3) is 0.0909. The summed E-state index contributed by atoms with van der Waals surface area (Å²) < 4.78 is 0. The molecule has 2 N–H and O–H groups in total. The van der Waals surface area contributed by atoms with E-state index in [4.69, 9.17) is 5.73 Å². The lowest BCUT2D eigenvalue weighted by Gasteiger charge is -2.04. The lowest BCUT2D eigenvalue weighted by atomic mass is 10.0. The number of hydrogen-bond acceptors (Lipinski definition) is 2. The summed E-state index contributed by atoms with van der Waals surface area (Å²) in [5.41, 5.74) is 6.61. The van der Waals surface area contributed by atoms with Gasteiger partial charge in [-0.05, 0) is 23.9 Å². The van der Waals surface area contributed by atoms with E-state index in [1.165, 1.54) is 0 Å². The first-order valence-electron chi connectivity index (χ1n) is 4.34. The summed E-state index contributed by atoms with van der Waals surface area (Å²) in [6.45, 7) is 1.94. The van der Waals surface area contributed by atoms with Crippen LogP contribution in [-0.2, 0) is 0 Å². The van der Waals surface area contributed by atoms with Crippen molar-refractivity contribution in [3.05, 3.63) is 41.7 Å². The van der Waals surface area contributed by atoms with E-state index in [-0.39, 0.29) is 0 Å². The number of hydrogen-bond donors (Lipinski definition) is 1. The molecule has 0 aliphatic rings. The van der Waals surface area contributed by atoms with Gasteiger partial charge in [0.1, 0.15) is 5.69 Å². The maximum Gasteiger partial charge on any atom is 0.267 e. The van der Waals surface area contributed by atoms with E-state index < -0.39 is 5.91 Å². The molecule has 2 rings (SSSR count). The van der Waals surface area contributed by atoms with Crippen molar-refractivity contribution in [1.29, 1.82) is 0 Å². The number of benzene rings is 1. The predicted molar refractivity (Wildman–Crippen MR) is 55.0 cm³/mol. The molecular formula is C11H10N2O. The SMILES string of the molecule is Cc1cccc2ccnc(C(N)=O)c12. The quantitative estimate of drug-likeness (QED) is 0.736. The lowest BCUT2D eigenvalue weighted by molar-refractivity contribution is 0.0997. The van der Waals surface area contributed by atoms with Crippen LogP contribution in [0.3, 0.4) is 0 Å². The second kappa shape index (κ2) is 3.10. The van der Waals surface area contributed by atoms with Crippen molar-refractivity contribution >= 4 is 16.7 Å². The molecule has 0 radical (unpaired) electrons. The Morgan fingerprint density at radius 3 is 2.86 bits per heavy atom. The van der Waals surface area contributed by atoms with Gasteiger partial charge < -0.3 is 5.73 Å². The highest BCUT2D eigenvalue weighted by atomic mass is 16.1. The Balaban J connectivity index is 2.91. The van der Waals surface area contributed by atoms with E-state index in [1.807, 2.05) is 31.2 Å². The highest BCUT2D eigenvalue weighted by Gasteiger charge is 2.08. The van der Waals surface area contributed by atoms with Crippen LogP contribution in [0.25, 0.3) is 10.8 Å². The molecule has 0 unspecified atom stereocenters. The zero-order chi connectivity index (χ0) is 10.1. The standard InChI is InChI=1S/C11H10N2O/c1-7-3-2-4-8-5-6-13-10(9(7)8)11(12)14/h2-6H,1H3,(H2,12,14). The zero-order valence-corrected chi connectivity index (χ0v) is 7.82. The molecule has 0 saturated carbocycles. The van der Waals surface area contributed by atoms with Gasteiger partial charge in [0.25, 0.3) is 5.91 Å². The molecule has 0 fully saturated rings. The van der Waals surface area contributed by atoms with Gasteiger partial charge >= 0.3 is 0 Å². The molecular weight excluding hydrogens is 176 g/mol. The van der Waals surface area contributed by atoms with Crippen molar-refractivity contribution in [3.8, 4) is 0 Å². The highest BCUT2D eigenvalue weighted by molar-refractivity contribution is 6.05. The third-order valence-corrected chi connectivity index (χ3v) is 2.23. The third-order valence-electron chi connectivity index (χ3n) is 2.23. The number of aryl methyl sites for hydroxylation is 1. The minimum absolute atomic E-state index is 0.348. The molecule has 2 aromatic rings. The van der Waals surface area contributed by atoms with Gasteiger partial charge in [-0.3, -0.25) is 9.78 Å². The van der Waals surface area contributed by atoms with Gasteiger partial charge in [0.05, 0.1) is 0 Å². The molecule has 14 heavy (non-hydrogen) atoms. The van der Waals surface area contributed by atoms with Gasteiger partial charge in [-0.2, -0.15) is 0 Å². The Kier molecular flexibility index (Phi) is 1.93. The number of rotatable bonds is 1. The van der Waals surface area contributed by atoms with Crippen molar-refractivity contribution in [2.45, 2.75) is 6.92 Å². The maximum atomic E-state index is 11.1. The van der Waals surface area contributed by atoms with Crippen molar-refractivity contribution in [3.63, 3.8) is 0 Å². The van der Waals surface area contributed by atoms with Crippen LogP contribution in [0.15, 0.2) is 30.5 Å². The van der Waals surface area contributed by atoms with Crippen LogP contribution in [0.2, 0.25) is 0 Å². The van der Waals surface area contributed by atoms with Crippen LogP contribution in [0.5, 0.6) is 0 Å². The molecule has 1 aromatic heterocycles. The van der Waals surface area contributed by atoms with Crippen LogP contribution < -0.4 is 5.73 Å². The van der Waals surface area contributed by atoms with Crippen molar-refractivity contribution < 1.29 is 4.79 Å². The Morgan fingerprint density at radius 2 is 2.14 bits per heavy atom. The summed E-state index contributed by atoms with van der Waals surface area (Å²) in [5, 5.41) is 1.84. The van der Waals surface area contributed by atoms with Crippen LogP contribution >= 0.6 is 0 Å². The van der Waals surface area contributed by atoms with Crippen molar-refractivity contribution in [1.82, 2.24) is 4.98 Å². The lowest BCUT2D eigenvalue weighted by Crippen LogP contribution is -2.13. The van der Waals surface area contributed by atoms with E-state index in [0.29, 0.717) is 5.69 Å². The van der Waals surface area contributed by atoms with Crippen LogP contribution in [0, 0.1) is 6.92 Å². The van der Waals surface area contributed by atoms with Gasteiger partial charge in [0.2, 0.25) is 0 Å². The van der Waals surface area contributed by atoms with E-state index in [2.05, 4.69) is 4.98 Å². The average molecular weight is 186 g/mol. The molecule has 0 atom stereocenters. The number of pyridine rings is 1. The minimum Gasteiger partial charge on any atom is -0.364 e. The molecule has 3 heteroatoms. The number of aromatic nitrogens is 1. The van der Waals surface area contributed by atoms with E-state index in [1.54, 1.807) is 6.20 Å². The van der Waals surface area contributed by atoms with E-state index >= 15 is 0 Å². The first-order chi connectivity index (χ1) is 6.70. The third kappa shape index (κ3) is 1.23. The highest BCUT2D eigenvalue weighted by Crippen LogP contribution is 2.20. The zero-order valence-electron chi connectivity index (χ0n) is 7.82. The molecule has 1 heterocycles. The first-order valence-corrected chi connectivity index (χ1v) is 4.34. The Labute approximate surface area is 81.6 Å². The molecule has 0 bridgehead atoms. The van der Waals surface area contributed by atoms with Crippen molar-refractivity contribution in [2.75, 3.05) is 0 Å². The summed E-state index contributed by atoms with van der Waals surface area (Å²) >= 11 is 0. The Bertz CT molecular complexity index is 500. The molecule has 0 aliphatic heterocycles. The summed E-state index contributed by atoms with van der Waals surface area (Å²) in [6.07, 6.45) is 1.60. The number of carbonyl (C=O) groups is 1. The molecule has 0 aliphatic carbocycles. The van der Waals surface area contributed by atoms with Gasteiger partial charge in [-0.15, -0.1) is 0 Å². The molecule has 1 aromatic carbocycles. The molecule has 0 saturated heterocycles. The number of fused-ring (bicyclic) bond motifs is 1. The van der Waals surface area contributed by atoms with Crippen LogP contribution in [0.1, 0.15) is 16.1 Å². The summed E-state index contributed by atoms with van der Waals surface area (Å²) in [4.78, 5) is 15.1. The summed E-state index contributed by atoms with van der Waals surface area (Å²) in [6, 6.07) is 7.70. The Hall–Kier alpha value is -1.90. The Morgan fingerprint density at radius 1 is 1.36 bits per heavy atom. The fourth-order valence-electron chi connectivity index (χ4n) is 1.60. The first kappa shape index (κ1) is 8.69. The average Bonchev–Trinajstić information content (AvgIpc) is 2.17. The summed E-state index contributed by atoms with van der Waals surface area (Å²) in [7, 11) is 0. The topological polar surface area (TPSA) is 56.0 Å².